The van der Waals surface area contributed by atoms with Crippen LogP contribution in [-0.4, -0.2) is 7.11 Å². The van der Waals surface area contributed by atoms with E-state index < -0.39 is 0 Å². The minimum absolute atomic E-state index is 0.800. The van der Waals surface area contributed by atoms with Crippen molar-refractivity contribution in [3.8, 4) is 5.75 Å². The van der Waals surface area contributed by atoms with E-state index in [9.17, 15) is 0 Å². The number of benzene rings is 1. The van der Waals surface area contributed by atoms with E-state index in [0.29, 0.717) is 0 Å². The van der Waals surface area contributed by atoms with Gasteiger partial charge in [-0.1, -0.05) is 18.7 Å². The Hall–Kier alpha value is -0.490. The molecule has 0 radical (unpaired) electrons. The predicted molar refractivity (Wildman–Crippen MR) is 76.0 cm³/mol. The molecule has 0 saturated carbocycles. The molecule has 0 fully saturated rings. The first kappa shape index (κ1) is 12.6. The van der Waals surface area contributed by atoms with Crippen molar-refractivity contribution in [2.24, 2.45) is 5.73 Å². The molecule has 0 heterocycles. The summed E-state index contributed by atoms with van der Waals surface area (Å²) in [5.74, 6) is 0.800. The summed E-state index contributed by atoms with van der Waals surface area (Å²) in [6.07, 6.45) is 5.19. The standard InChI is InChI=1S/C11H11BrINO/c1-3-4-7-5-9(13)11(15-2)10(12)8(7)6-14/h3-6H,1,14H2,2H3/b7-4-,8-6+. The quantitative estimate of drug-likeness (QED) is 0.794. The Morgan fingerprint density at radius 2 is 2.27 bits per heavy atom. The minimum Gasteiger partial charge on any atom is -0.494 e. The minimum atomic E-state index is 0.800. The number of methoxy groups -OCH3 is 1. The van der Waals surface area contributed by atoms with E-state index in [0.717, 1.165) is 24.2 Å². The molecule has 4 heteroatoms. The van der Waals surface area contributed by atoms with E-state index in [1.54, 1.807) is 19.4 Å². The van der Waals surface area contributed by atoms with Gasteiger partial charge in [0.15, 0.2) is 0 Å². The number of hydrogen-bond donors (Lipinski definition) is 1. The zero-order chi connectivity index (χ0) is 11.4. The summed E-state index contributed by atoms with van der Waals surface area (Å²) < 4.78 is 7.18. The highest BCUT2D eigenvalue weighted by Crippen LogP contribution is 2.25. The summed E-state index contributed by atoms with van der Waals surface area (Å²) in [4.78, 5) is 0. The van der Waals surface area contributed by atoms with Crippen LogP contribution in [0.1, 0.15) is 0 Å². The third kappa shape index (κ3) is 2.55. The van der Waals surface area contributed by atoms with Crippen LogP contribution in [-0.2, 0) is 0 Å². The van der Waals surface area contributed by atoms with E-state index in [4.69, 9.17) is 10.5 Å². The summed E-state index contributed by atoms with van der Waals surface area (Å²) >= 11 is 5.70. The highest BCUT2D eigenvalue weighted by atomic mass is 127. The smallest absolute Gasteiger partial charge is 0.147 e. The van der Waals surface area contributed by atoms with Crippen molar-refractivity contribution in [2.75, 3.05) is 7.11 Å². The van der Waals surface area contributed by atoms with Gasteiger partial charge in [-0.2, -0.15) is 0 Å². The van der Waals surface area contributed by atoms with Gasteiger partial charge in [0.05, 0.1) is 15.2 Å². The number of rotatable bonds is 2. The van der Waals surface area contributed by atoms with Crippen LogP contribution in [0.4, 0.5) is 0 Å². The molecule has 0 aromatic heterocycles. The van der Waals surface area contributed by atoms with Gasteiger partial charge >= 0.3 is 0 Å². The zero-order valence-corrected chi connectivity index (χ0v) is 12.0. The van der Waals surface area contributed by atoms with Gasteiger partial charge in [-0.25, -0.2) is 0 Å². The molecule has 2 N–H and O–H groups in total. The molecular formula is C11H11BrINO. The molecule has 80 valence electrons. The lowest BCUT2D eigenvalue weighted by atomic mass is 10.2. The molecule has 0 aliphatic heterocycles. The monoisotopic (exact) mass is 379 g/mol. The van der Waals surface area contributed by atoms with Crippen molar-refractivity contribution in [3.63, 3.8) is 0 Å². The predicted octanol–water partition coefficient (Wildman–Crippen LogP) is 1.73. The van der Waals surface area contributed by atoms with Gasteiger partial charge < -0.3 is 10.5 Å². The van der Waals surface area contributed by atoms with Crippen LogP contribution in [0.15, 0.2) is 23.2 Å². The van der Waals surface area contributed by atoms with Crippen molar-refractivity contribution < 1.29 is 4.74 Å². The van der Waals surface area contributed by atoms with Gasteiger partial charge in [-0.05, 0) is 49.8 Å². The number of halogens is 2. The summed E-state index contributed by atoms with van der Waals surface area (Å²) in [5.41, 5.74) is 5.59. The van der Waals surface area contributed by atoms with Crippen molar-refractivity contribution in [2.45, 2.75) is 0 Å². The van der Waals surface area contributed by atoms with E-state index in [1.165, 1.54) is 0 Å². The van der Waals surface area contributed by atoms with Crippen LogP contribution < -0.4 is 20.9 Å². The fraction of sp³-hybridized carbons (Fsp3) is 0.0909. The van der Waals surface area contributed by atoms with Crippen LogP contribution in [0.3, 0.4) is 0 Å². The third-order valence-corrected chi connectivity index (χ3v) is 3.50. The second-order valence-corrected chi connectivity index (χ2v) is 4.73. The second kappa shape index (κ2) is 5.55. The molecule has 0 saturated heterocycles. The molecule has 1 rings (SSSR count). The average Bonchev–Trinajstić information content (AvgIpc) is 2.19. The zero-order valence-electron chi connectivity index (χ0n) is 8.26. The van der Waals surface area contributed by atoms with E-state index >= 15 is 0 Å². The number of hydrogen-bond acceptors (Lipinski definition) is 2. The number of allylic oxidation sites excluding steroid dienone is 1. The molecule has 0 unspecified atom stereocenters. The van der Waals surface area contributed by atoms with Crippen LogP contribution in [0.25, 0.3) is 12.3 Å². The van der Waals surface area contributed by atoms with E-state index in [-0.39, 0.29) is 0 Å². The van der Waals surface area contributed by atoms with Crippen molar-refractivity contribution in [3.05, 3.63) is 37.2 Å². The average molecular weight is 380 g/mol. The SMILES string of the molecule is C=C/C=c1/cc(I)c(OC)c(Br)/c1=C/N. The Bertz CT molecular complexity index is 496. The van der Waals surface area contributed by atoms with Crippen molar-refractivity contribution in [1.82, 2.24) is 0 Å². The molecule has 2 nitrogen and oxygen atoms in total. The van der Waals surface area contributed by atoms with Gasteiger partial charge in [-0.3, -0.25) is 0 Å². The molecule has 0 spiro atoms. The Morgan fingerprint density at radius 3 is 2.73 bits per heavy atom. The first-order chi connectivity index (χ1) is 7.15. The maximum Gasteiger partial charge on any atom is 0.147 e. The molecule has 0 atom stereocenters. The van der Waals surface area contributed by atoms with Gasteiger partial charge in [-0.15, -0.1) is 0 Å². The highest BCUT2D eigenvalue weighted by molar-refractivity contribution is 14.1. The molecule has 0 aliphatic rings. The molecular weight excluding hydrogens is 369 g/mol. The maximum atomic E-state index is 5.59. The van der Waals surface area contributed by atoms with Crippen LogP contribution in [0, 0.1) is 3.57 Å². The Kier molecular flexibility index (Phi) is 4.66. The Morgan fingerprint density at radius 1 is 1.60 bits per heavy atom. The van der Waals surface area contributed by atoms with Gasteiger partial charge in [0.25, 0.3) is 0 Å². The van der Waals surface area contributed by atoms with Gasteiger partial charge in [0.1, 0.15) is 5.75 Å². The first-order valence-electron chi connectivity index (χ1n) is 4.22. The summed E-state index contributed by atoms with van der Waals surface area (Å²) in [7, 11) is 1.64. The molecule has 1 aromatic rings. The Labute approximate surface area is 111 Å². The fourth-order valence-electron chi connectivity index (χ4n) is 1.26. The van der Waals surface area contributed by atoms with Crippen molar-refractivity contribution in [1.29, 1.82) is 0 Å². The van der Waals surface area contributed by atoms with Gasteiger partial charge in [0, 0.05) is 11.4 Å². The topological polar surface area (TPSA) is 35.2 Å². The van der Waals surface area contributed by atoms with Crippen LogP contribution in [0.5, 0.6) is 5.75 Å². The third-order valence-electron chi connectivity index (χ3n) is 1.91. The lowest BCUT2D eigenvalue weighted by molar-refractivity contribution is 0.408. The normalized spacial score (nSPS) is 13.0. The second-order valence-electron chi connectivity index (χ2n) is 2.78. The molecule has 0 amide bonds. The summed E-state index contributed by atoms with van der Waals surface area (Å²) in [6.45, 7) is 3.67. The largest absolute Gasteiger partial charge is 0.494 e. The fourth-order valence-corrected chi connectivity index (χ4v) is 3.19. The first-order valence-corrected chi connectivity index (χ1v) is 6.09. The summed E-state index contributed by atoms with van der Waals surface area (Å²) in [6, 6.07) is 2.00. The molecule has 0 aliphatic carbocycles. The molecule has 0 bridgehead atoms. The Balaban J connectivity index is 3.76. The molecule has 15 heavy (non-hydrogen) atoms. The van der Waals surface area contributed by atoms with E-state index in [2.05, 4.69) is 45.1 Å². The van der Waals surface area contributed by atoms with Crippen molar-refractivity contribution >= 4 is 50.8 Å². The lowest BCUT2D eigenvalue weighted by Gasteiger charge is -2.06. The lowest BCUT2D eigenvalue weighted by Crippen LogP contribution is -2.28. The maximum absolute atomic E-state index is 5.59. The van der Waals surface area contributed by atoms with Gasteiger partial charge in [0.2, 0.25) is 0 Å². The number of nitrogens with two attached hydrogens (primary N) is 1. The molecule has 1 aromatic carbocycles. The van der Waals surface area contributed by atoms with E-state index in [1.807, 2.05) is 12.1 Å². The summed E-state index contributed by atoms with van der Waals surface area (Å²) in [5, 5.41) is 1.93. The number of ether oxygens (including phenoxy) is 1. The van der Waals surface area contributed by atoms with Crippen LogP contribution in [0.2, 0.25) is 0 Å². The van der Waals surface area contributed by atoms with Crippen LogP contribution >= 0.6 is 38.5 Å². The highest BCUT2D eigenvalue weighted by Gasteiger charge is 2.07.